The number of halogens is 1. The van der Waals surface area contributed by atoms with Gasteiger partial charge in [-0.15, -0.1) is 0 Å². The molecular formula is C12H21FO. The second-order valence-electron chi connectivity index (χ2n) is 4.46. The van der Waals surface area contributed by atoms with Gasteiger partial charge in [-0.2, -0.15) is 0 Å². The highest BCUT2D eigenvalue weighted by molar-refractivity contribution is 5.12. The SMILES string of the molecule is CCC1=C(CC(C)CF)OCC(C)C1. The van der Waals surface area contributed by atoms with Gasteiger partial charge in [0.05, 0.1) is 19.0 Å². The Labute approximate surface area is 86.3 Å². The van der Waals surface area contributed by atoms with Crippen molar-refractivity contribution in [3.63, 3.8) is 0 Å². The summed E-state index contributed by atoms with van der Waals surface area (Å²) in [6, 6.07) is 0. The summed E-state index contributed by atoms with van der Waals surface area (Å²) in [4.78, 5) is 0. The third-order valence-corrected chi connectivity index (χ3v) is 2.76. The van der Waals surface area contributed by atoms with Crippen molar-refractivity contribution in [2.75, 3.05) is 13.3 Å². The summed E-state index contributed by atoms with van der Waals surface area (Å²) in [5.74, 6) is 1.78. The Morgan fingerprint density at radius 3 is 2.86 bits per heavy atom. The molecule has 1 rings (SSSR count). The molecule has 1 heterocycles. The number of rotatable bonds is 4. The Bertz CT molecular complexity index is 210. The van der Waals surface area contributed by atoms with E-state index < -0.39 is 0 Å². The van der Waals surface area contributed by atoms with E-state index in [9.17, 15) is 4.39 Å². The normalized spacial score (nSPS) is 24.7. The maximum absolute atomic E-state index is 12.4. The van der Waals surface area contributed by atoms with E-state index in [0.717, 1.165) is 31.6 Å². The quantitative estimate of drug-likeness (QED) is 0.672. The van der Waals surface area contributed by atoms with Crippen LogP contribution in [0, 0.1) is 11.8 Å². The minimum absolute atomic E-state index is 0.0972. The molecule has 0 radical (unpaired) electrons. The molecule has 0 saturated carbocycles. The molecule has 0 N–H and O–H groups in total. The molecule has 0 spiro atoms. The van der Waals surface area contributed by atoms with Crippen molar-refractivity contribution in [2.24, 2.45) is 11.8 Å². The number of hydrogen-bond donors (Lipinski definition) is 0. The van der Waals surface area contributed by atoms with Crippen LogP contribution in [0.4, 0.5) is 4.39 Å². The van der Waals surface area contributed by atoms with Gasteiger partial charge in [-0.3, -0.25) is 4.39 Å². The van der Waals surface area contributed by atoms with Gasteiger partial charge in [-0.1, -0.05) is 20.8 Å². The van der Waals surface area contributed by atoms with E-state index >= 15 is 0 Å². The minimum Gasteiger partial charge on any atom is -0.498 e. The van der Waals surface area contributed by atoms with Gasteiger partial charge in [0.25, 0.3) is 0 Å². The second kappa shape index (κ2) is 5.38. The molecule has 0 fully saturated rings. The van der Waals surface area contributed by atoms with Crippen LogP contribution in [0.5, 0.6) is 0 Å². The smallest absolute Gasteiger partial charge is 0.0955 e. The van der Waals surface area contributed by atoms with E-state index in [0.29, 0.717) is 5.92 Å². The predicted octanol–water partition coefficient (Wildman–Crippen LogP) is 3.70. The Kier molecular flexibility index (Phi) is 4.43. The lowest BCUT2D eigenvalue weighted by molar-refractivity contribution is 0.129. The van der Waals surface area contributed by atoms with Crippen molar-refractivity contribution >= 4 is 0 Å². The second-order valence-corrected chi connectivity index (χ2v) is 4.46. The van der Waals surface area contributed by atoms with E-state index in [2.05, 4.69) is 13.8 Å². The molecule has 2 unspecified atom stereocenters. The first kappa shape index (κ1) is 11.5. The number of ether oxygens (including phenoxy) is 1. The topological polar surface area (TPSA) is 9.23 Å². The van der Waals surface area contributed by atoms with Crippen molar-refractivity contribution in [1.82, 2.24) is 0 Å². The summed E-state index contributed by atoms with van der Waals surface area (Å²) in [6.07, 6.45) is 2.94. The van der Waals surface area contributed by atoms with Crippen molar-refractivity contribution in [2.45, 2.75) is 40.0 Å². The van der Waals surface area contributed by atoms with Crippen LogP contribution in [0.3, 0.4) is 0 Å². The molecule has 1 aliphatic heterocycles. The zero-order chi connectivity index (χ0) is 10.6. The van der Waals surface area contributed by atoms with Crippen LogP contribution in [0.2, 0.25) is 0 Å². The zero-order valence-electron chi connectivity index (χ0n) is 9.48. The van der Waals surface area contributed by atoms with Crippen LogP contribution in [0.15, 0.2) is 11.3 Å². The van der Waals surface area contributed by atoms with Gasteiger partial charge >= 0.3 is 0 Å². The molecule has 0 aromatic heterocycles. The maximum atomic E-state index is 12.4. The highest BCUT2D eigenvalue weighted by atomic mass is 19.1. The molecule has 0 aliphatic carbocycles. The van der Waals surface area contributed by atoms with Gasteiger partial charge in [0.1, 0.15) is 0 Å². The molecule has 0 bridgehead atoms. The minimum atomic E-state index is -0.251. The molecule has 0 aromatic rings. The fraction of sp³-hybridized carbons (Fsp3) is 0.833. The molecule has 1 nitrogen and oxygen atoms in total. The summed E-state index contributed by atoms with van der Waals surface area (Å²) < 4.78 is 18.1. The Morgan fingerprint density at radius 1 is 1.57 bits per heavy atom. The molecule has 2 heteroatoms. The van der Waals surface area contributed by atoms with Crippen LogP contribution in [0.1, 0.15) is 40.0 Å². The largest absolute Gasteiger partial charge is 0.498 e. The summed E-state index contributed by atoms with van der Waals surface area (Å²) >= 11 is 0. The summed E-state index contributed by atoms with van der Waals surface area (Å²) in [6.45, 7) is 6.83. The van der Waals surface area contributed by atoms with Gasteiger partial charge in [-0.25, -0.2) is 0 Å². The Hall–Kier alpha value is -0.530. The van der Waals surface area contributed by atoms with Crippen molar-refractivity contribution in [3.8, 4) is 0 Å². The average Bonchev–Trinajstić information content (AvgIpc) is 2.20. The summed E-state index contributed by atoms with van der Waals surface area (Å²) in [7, 11) is 0. The fourth-order valence-corrected chi connectivity index (χ4v) is 1.85. The summed E-state index contributed by atoms with van der Waals surface area (Å²) in [5, 5.41) is 0. The standard InChI is InChI=1S/C12H21FO/c1-4-11-5-10(3)8-14-12(11)6-9(2)7-13/h9-10H,4-8H2,1-3H3. The fourth-order valence-electron chi connectivity index (χ4n) is 1.85. The van der Waals surface area contributed by atoms with Gasteiger partial charge in [0.15, 0.2) is 0 Å². The molecule has 82 valence electrons. The average molecular weight is 200 g/mol. The van der Waals surface area contributed by atoms with Crippen molar-refractivity contribution in [1.29, 1.82) is 0 Å². The van der Waals surface area contributed by atoms with Gasteiger partial charge in [-0.05, 0) is 30.3 Å². The lowest BCUT2D eigenvalue weighted by Crippen LogP contribution is -2.17. The van der Waals surface area contributed by atoms with Gasteiger partial charge < -0.3 is 4.74 Å². The first-order valence-corrected chi connectivity index (χ1v) is 5.57. The van der Waals surface area contributed by atoms with Crippen LogP contribution < -0.4 is 0 Å². The van der Waals surface area contributed by atoms with Crippen LogP contribution in [-0.2, 0) is 4.74 Å². The lowest BCUT2D eigenvalue weighted by atomic mass is 9.93. The number of allylic oxidation sites excluding steroid dienone is 2. The molecule has 0 amide bonds. The van der Waals surface area contributed by atoms with Crippen molar-refractivity contribution in [3.05, 3.63) is 11.3 Å². The Balaban J connectivity index is 2.62. The van der Waals surface area contributed by atoms with Crippen LogP contribution in [-0.4, -0.2) is 13.3 Å². The number of hydrogen-bond acceptors (Lipinski definition) is 1. The Morgan fingerprint density at radius 2 is 2.29 bits per heavy atom. The van der Waals surface area contributed by atoms with E-state index in [-0.39, 0.29) is 12.6 Å². The van der Waals surface area contributed by atoms with Gasteiger partial charge in [0.2, 0.25) is 0 Å². The first-order valence-electron chi connectivity index (χ1n) is 5.57. The van der Waals surface area contributed by atoms with E-state index in [1.165, 1.54) is 5.57 Å². The molecule has 0 aromatic carbocycles. The molecule has 14 heavy (non-hydrogen) atoms. The highest BCUT2D eigenvalue weighted by Gasteiger charge is 2.19. The van der Waals surface area contributed by atoms with E-state index in [1.54, 1.807) is 0 Å². The highest BCUT2D eigenvalue weighted by Crippen LogP contribution is 2.29. The molecule has 0 saturated heterocycles. The first-order chi connectivity index (χ1) is 6.67. The van der Waals surface area contributed by atoms with Crippen molar-refractivity contribution < 1.29 is 9.13 Å². The summed E-state index contributed by atoms with van der Waals surface area (Å²) in [5.41, 5.74) is 1.39. The maximum Gasteiger partial charge on any atom is 0.0955 e. The molecule has 1 aliphatic rings. The van der Waals surface area contributed by atoms with Crippen LogP contribution >= 0.6 is 0 Å². The number of alkyl halides is 1. The predicted molar refractivity (Wildman–Crippen MR) is 56.8 cm³/mol. The molecular weight excluding hydrogens is 179 g/mol. The molecule has 2 atom stereocenters. The third kappa shape index (κ3) is 3.00. The van der Waals surface area contributed by atoms with Crippen LogP contribution in [0.25, 0.3) is 0 Å². The monoisotopic (exact) mass is 200 g/mol. The third-order valence-electron chi connectivity index (χ3n) is 2.76. The zero-order valence-corrected chi connectivity index (χ0v) is 9.48. The van der Waals surface area contributed by atoms with E-state index in [4.69, 9.17) is 4.74 Å². The lowest BCUT2D eigenvalue weighted by Gasteiger charge is -2.26. The van der Waals surface area contributed by atoms with Gasteiger partial charge in [0, 0.05) is 6.42 Å². The van der Waals surface area contributed by atoms with E-state index in [1.807, 2.05) is 6.92 Å².